The van der Waals surface area contributed by atoms with Gasteiger partial charge in [0, 0.05) is 0 Å². The number of hydrogen-bond donors (Lipinski definition) is 0. The van der Waals surface area contributed by atoms with Crippen LogP contribution in [0.4, 0.5) is 0 Å². The van der Waals surface area contributed by atoms with Gasteiger partial charge in [-0.25, -0.2) is 0 Å². The van der Waals surface area contributed by atoms with Crippen LogP contribution in [0.3, 0.4) is 0 Å². The maximum Gasteiger partial charge on any atom is 0.181 e. The molecule has 0 aromatic heterocycles. The average molecular weight is 164 g/mol. The highest BCUT2D eigenvalue weighted by atomic mass is 32.1. The van der Waals surface area contributed by atoms with Gasteiger partial charge in [0.2, 0.25) is 0 Å². The summed E-state index contributed by atoms with van der Waals surface area (Å²) in [5, 5.41) is 14.5. The first-order chi connectivity index (χ1) is 4.91. The van der Waals surface area contributed by atoms with Crippen molar-refractivity contribution in [1.82, 2.24) is 0 Å². The summed E-state index contributed by atoms with van der Waals surface area (Å²) in [5.41, 5.74) is 0. The summed E-state index contributed by atoms with van der Waals surface area (Å²) in [6, 6.07) is 14.5. The highest BCUT2D eigenvalue weighted by Crippen LogP contribution is 1.79. The molecule has 0 fully saturated rings. The van der Waals surface area contributed by atoms with Gasteiger partial charge in [0.05, 0.1) is 0 Å². The van der Waals surface area contributed by atoms with Crippen molar-refractivity contribution in [1.29, 1.82) is 10.5 Å². The Morgan fingerprint density at radius 1 is 0.636 bits per heavy atom. The Morgan fingerprint density at radius 3 is 0.909 bits per heavy atom. The van der Waals surface area contributed by atoms with Gasteiger partial charge in [0.25, 0.3) is 0 Å². The van der Waals surface area contributed by atoms with Crippen molar-refractivity contribution in [2.45, 2.75) is 0 Å². The summed E-state index contributed by atoms with van der Waals surface area (Å²) in [5.74, 6) is 0. The van der Waals surface area contributed by atoms with E-state index in [1.165, 1.54) is 12.1 Å². The van der Waals surface area contributed by atoms with E-state index in [2.05, 4.69) is 0 Å². The molecular formula is C8H8N2S. The van der Waals surface area contributed by atoms with E-state index in [4.69, 9.17) is 10.5 Å². The second-order valence-electron chi connectivity index (χ2n) is 1.38. The molecule has 56 valence electrons. The Balaban J connectivity index is 0. The van der Waals surface area contributed by atoms with Gasteiger partial charge in [-0.2, -0.15) is 24.0 Å². The normalized spacial score (nSPS) is 5.27. The maximum absolute atomic E-state index is 7.26. The molecule has 0 aliphatic heterocycles. The molecule has 0 unspecified atom stereocenters. The van der Waals surface area contributed by atoms with Crippen LogP contribution in [0.5, 0.6) is 0 Å². The van der Waals surface area contributed by atoms with Crippen molar-refractivity contribution < 1.29 is 0 Å². The number of rotatable bonds is 0. The third-order valence-corrected chi connectivity index (χ3v) is 0.717. The molecule has 0 saturated heterocycles. The molecule has 0 amide bonds. The van der Waals surface area contributed by atoms with Crippen molar-refractivity contribution in [3.8, 4) is 12.1 Å². The topological polar surface area (TPSA) is 47.6 Å². The predicted octanol–water partition coefficient (Wildman–Crippen LogP) is 1.83. The van der Waals surface area contributed by atoms with Crippen molar-refractivity contribution in [3.05, 3.63) is 36.4 Å². The minimum Gasteiger partial charge on any atom is -0.197 e. The molecule has 0 bridgehead atoms. The predicted molar refractivity (Wildman–Crippen MR) is 48.0 cm³/mol. The van der Waals surface area contributed by atoms with Crippen LogP contribution in [0.1, 0.15) is 0 Å². The Hall–Kier alpha value is -1.45. The smallest absolute Gasteiger partial charge is 0.181 e. The third kappa shape index (κ3) is 11.9. The molecule has 0 heterocycles. The van der Waals surface area contributed by atoms with Gasteiger partial charge in [0.1, 0.15) is 0 Å². The maximum atomic E-state index is 7.26. The molecule has 0 saturated carbocycles. The lowest BCUT2D eigenvalue weighted by Gasteiger charge is -1.69. The average Bonchev–Trinajstić information content (AvgIpc) is 2.08. The first-order valence-corrected chi connectivity index (χ1v) is 2.70. The molecule has 1 aromatic rings. The van der Waals surface area contributed by atoms with E-state index >= 15 is 0 Å². The Bertz CT molecular complexity index is 194. The van der Waals surface area contributed by atoms with Gasteiger partial charge >= 0.3 is 0 Å². The molecule has 3 heteroatoms. The summed E-state index contributed by atoms with van der Waals surface area (Å²) in [7, 11) is 0. The fourth-order valence-corrected chi connectivity index (χ4v) is 0.385. The van der Waals surface area contributed by atoms with Gasteiger partial charge in [-0.3, -0.25) is 0 Å². The van der Waals surface area contributed by atoms with Crippen LogP contribution >= 0.6 is 13.5 Å². The van der Waals surface area contributed by atoms with Crippen molar-refractivity contribution in [2.24, 2.45) is 0 Å². The van der Waals surface area contributed by atoms with Crippen LogP contribution in [-0.2, 0) is 0 Å². The standard InChI is InChI=1S/C6H6.C2N2.H2S/c1-2-4-6-5-3-1;3-1-2-4;/h1-6H;;1H2. The van der Waals surface area contributed by atoms with Crippen molar-refractivity contribution >= 4 is 13.5 Å². The van der Waals surface area contributed by atoms with E-state index in [1.54, 1.807) is 0 Å². The van der Waals surface area contributed by atoms with Crippen LogP contribution < -0.4 is 0 Å². The summed E-state index contributed by atoms with van der Waals surface area (Å²) in [4.78, 5) is 0. The Morgan fingerprint density at radius 2 is 0.818 bits per heavy atom. The van der Waals surface area contributed by atoms with Crippen LogP contribution in [0.2, 0.25) is 0 Å². The SMILES string of the molecule is N#CC#N.S.c1ccccc1. The number of benzene rings is 1. The number of nitriles is 2. The quantitative estimate of drug-likeness (QED) is 0.587. The monoisotopic (exact) mass is 164 g/mol. The van der Waals surface area contributed by atoms with E-state index in [0.717, 1.165) is 0 Å². The fraction of sp³-hybridized carbons (Fsp3) is 0. The van der Waals surface area contributed by atoms with Crippen LogP contribution in [-0.4, -0.2) is 0 Å². The van der Waals surface area contributed by atoms with Crippen LogP contribution in [0, 0.1) is 22.7 Å². The van der Waals surface area contributed by atoms with E-state index in [9.17, 15) is 0 Å². The lowest BCUT2D eigenvalue weighted by molar-refractivity contribution is 1.49. The molecule has 1 rings (SSSR count). The minimum atomic E-state index is 0. The first-order valence-electron chi connectivity index (χ1n) is 2.70. The zero-order valence-electron chi connectivity index (χ0n) is 5.86. The molecule has 0 aliphatic rings. The fourth-order valence-electron chi connectivity index (χ4n) is 0.385. The van der Waals surface area contributed by atoms with Crippen molar-refractivity contribution in [2.75, 3.05) is 0 Å². The molecular weight excluding hydrogens is 156 g/mol. The molecule has 0 atom stereocenters. The number of nitrogens with zero attached hydrogens (tertiary/aromatic N) is 2. The van der Waals surface area contributed by atoms with Gasteiger partial charge < -0.3 is 0 Å². The van der Waals surface area contributed by atoms with E-state index in [-0.39, 0.29) is 13.5 Å². The van der Waals surface area contributed by atoms with Crippen molar-refractivity contribution in [3.63, 3.8) is 0 Å². The molecule has 0 radical (unpaired) electrons. The van der Waals surface area contributed by atoms with Gasteiger partial charge in [-0.05, 0) is 0 Å². The lowest BCUT2D eigenvalue weighted by Crippen LogP contribution is -1.47. The molecule has 0 N–H and O–H groups in total. The summed E-state index contributed by atoms with van der Waals surface area (Å²) in [6.45, 7) is 0. The van der Waals surface area contributed by atoms with Crippen LogP contribution in [0.15, 0.2) is 36.4 Å². The molecule has 0 spiro atoms. The van der Waals surface area contributed by atoms with E-state index < -0.39 is 0 Å². The summed E-state index contributed by atoms with van der Waals surface area (Å²) >= 11 is 0. The lowest BCUT2D eigenvalue weighted by atomic mass is 10.4. The zero-order valence-corrected chi connectivity index (χ0v) is 6.86. The second-order valence-corrected chi connectivity index (χ2v) is 1.38. The third-order valence-electron chi connectivity index (χ3n) is 0.717. The molecule has 11 heavy (non-hydrogen) atoms. The van der Waals surface area contributed by atoms with Crippen LogP contribution in [0.25, 0.3) is 0 Å². The second kappa shape index (κ2) is 11.4. The first kappa shape index (κ1) is 12.2. The molecule has 0 aliphatic carbocycles. The number of hydrogen-bond acceptors (Lipinski definition) is 2. The summed E-state index contributed by atoms with van der Waals surface area (Å²) in [6.07, 6.45) is 0. The van der Waals surface area contributed by atoms with E-state index in [1.807, 2.05) is 36.4 Å². The van der Waals surface area contributed by atoms with E-state index in [0.29, 0.717) is 0 Å². The molecule has 1 aromatic carbocycles. The van der Waals surface area contributed by atoms with Gasteiger partial charge in [0.15, 0.2) is 12.1 Å². The highest BCUT2D eigenvalue weighted by Gasteiger charge is 1.57. The van der Waals surface area contributed by atoms with Gasteiger partial charge in [-0.15, -0.1) is 0 Å². The molecule has 2 nitrogen and oxygen atoms in total. The Kier molecular flexibility index (Phi) is 12.6. The minimum absolute atomic E-state index is 0. The summed E-state index contributed by atoms with van der Waals surface area (Å²) < 4.78 is 0. The van der Waals surface area contributed by atoms with Gasteiger partial charge in [-0.1, -0.05) is 36.4 Å². The zero-order chi connectivity index (χ0) is 7.66. The largest absolute Gasteiger partial charge is 0.197 e. The Labute approximate surface area is 73.1 Å². The highest BCUT2D eigenvalue weighted by molar-refractivity contribution is 7.59.